The monoisotopic (exact) mass is 788 g/mol. The second-order valence-electron chi connectivity index (χ2n) is 15.8. The molecular weight excluding hydrogens is 749 g/mol. The van der Waals surface area contributed by atoms with Gasteiger partial charge in [-0.25, -0.2) is 9.97 Å². The van der Waals surface area contributed by atoms with Gasteiger partial charge in [-0.2, -0.15) is 0 Å². The molecule has 0 aliphatic rings. The van der Waals surface area contributed by atoms with E-state index in [1.165, 1.54) is 44.5 Å². The Kier molecular flexibility index (Phi) is 9.57. The molecule has 1 heterocycles. The maximum absolute atomic E-state index is 5.41. The first-order valence-corrected chi connectivity index (χ1v) is 21.1. The number of hydrogen-bond acceptors (Lipinski definition) is 2. The van der Waals surface area contributed by atoms with Gasteiger partial charge in [-0.1, -0.05) is 206 Å². The van der Waals surface area contributed by atoms with Crippen LogP contribution in [-0.2, 0) is 0 Å². The zero-order chi connectivity index (χ0) is 41.2. The maximum atomic E-state index is 5.41. The minimum Gasteiger partial charge on any atom is -0.228 e. The van der Waals surface area contributed by atoms with Crippen LogP contribution in [0.3, 0.4) is 0 Å². The molecule has 62 heavy (non-hydrogen) atoms. The van der Waals surface area contributed by atoms with E-state index >= 15 is 0 Å². The first-order chi connectivity index (χ1) is 30.7. The summed E-state index contributed by atoms with van der Waals surface area (Å²) >= 11 is 0. The van der Waals surface area contributed by atoms with Crippen molar-refractivity contribution in [3.63, 3.8) is 0 Å². The standard InChI is InChI=1S/C60H40N2/c1-3-14-41(15-4-1)46-19-9-22-49(36-46)51-24-11-21-48(38-51)43-30-32-45(33-31-43)60-61-57-35-34-44-18-7-8-29-56(44)58(57)59(62-60)55-28-13-27-54(40-55)53-26-12-25-52(39-53)50-23-10-20-47(37-50)42-16-5-2-6-17-42/h1-40H. The first-order valence-electron chi connectivity index (χ1n) is 21.1. The van der Waals surface area contributed by atoms with Gasteiger partial charge < -0.3 is 0 Å². The minimum atomic E-state index is 0.700. The third kappa shape index (κ3) is 7.25. The van der Waals surface area contributed by atoms with Crippen molar-refractivity contribution < 1.29 is 0 Å². The summed E-state index contributed by atoms with van der Waals surface area (Å²) in [5, 5.41) is 3.36. The summed E-state index contributed by atoms with van der Waals surface area (Å²) < 4.78 is 0. The van der Waals surface area contributed by atoms with Crippen molar-refractivity contribution in [1.82, 2.24) is 9.97 Å². The van der Waals surface area contributed by atoms with E-state index in [1.54, 1.807) is 0 Å². The number of nitrogens with zero attached hydrogens (tertiary/aromatic N) is 2. The molecule has 1 aromatic heterocycles. The Labute approximate surface area is 362 Å². The average molecular weight is 789 g/mol. The van der Waals surface area contributed by atoms with Crippen molar-refractivity contribution in [3.8, 4) is 89.4 Å². The molecule has 0 aliphatic carbocycles. The predicted molar refractivity (Wildman–Crippen MR) is 261 cm³/mol. The van der Waals surface area contributed by atoms with E-state index < -0.39 is 0 Å². The first kappa shape index (κ1) is 36.8. The second kappa shape index (κ2) is 16.1. The Morgan fingerprint density at radius 3 is 1.06 bits per heavy atom. The molecule has 0 amide bonds. The highest BCUT2D eigenvalue weighted by Gasteiger charge is 2.16. The van der Waals surface area contributed by atoms with E-state index in [0.717, 1.165) is 60.8 Å². The molecular formula is C60H40N2. The van der Waals surface area contributed by atoms with Crippen LogP contribution in [0.15, 0.2) is 243 Å². The Morgan fingerprint density at radius 1 is 0.226 bits per heavy atom. The van der Waals surface area contributed by atoms with E-state index in [9.17, 15) is 0 Å². The van der Waals surface area contributed by atoms with Gasteiger partial charge in [0.15, 0.2) is 5.82 Å². The van der Waals surface area contributed by atoms with Crippen molar-refractivity contribution in [3.05, 3.63) is 243 Å². The number of hydrogen-bond donors (Lipinski definition) is 0. The predicted octanol–water partition coefficient (Wildman–Crippen LogP) is 16.1. The van der Waals surface area contributed by atoms with E-state index in [4.69, 9.17) is 9.97 Å². The summed E-state index contributed by atoms with van der Waals surface area (Å²) in [6, 6.07) is 86.6. The Balaban J connectivity index is 0.952. The van der Waals surface area contributed by atoms with Crippen molar-refractivity contribution in [2.24, 2.45) is 0 Å². The molecule has 0 N–H and O–H groups in total. The van der Waals surface area contributed by atoms with Crippen molar-refractivity contribution in [2.45, 2.75) is 0 Å². The molecule has 11 rings (SSSR count). The van der Waals surface area contributed by atoms with Gasteiger partial charge in [-0.05, 0) is 114 Å². The second-order valence-corrected chi connectivity index (χ2v) is 15.8. The van der Waals surface area contributed by atoms with Crippen molar-refractivity contribution in [2.75, 3.05) is 0 Å². The SMILES string of the molecule is c1ccc(-c2cccc(-c3cccc(-c4ccc(-c5nc(-c6cccc(-c7cccc(-c8cccc(-c9ccccc9)c8)c7)c6)c6c(ccc7ccccc76)n5)cc4)c3)c2)cc1. The van der Waals surface area contributed by atoms with Crippen molar-refractivity contribution in [1.29, 1.82) is 0 Å². The Bertz CT molecular complexity index is 3390. The topological polar surface area (TPSA) is 25.8 Å². The van der Waals surface area contributed by atoms with E-state index in [1.807, 2.05) is 0 Å². The number of fused-ring (bicyclic) bond motifs is 3. The van der Waals surface area contributed by atoms with E-state index in [0.29, 0.717) is 5.82 Å². The van der Waals surface area contributed by atoms with Crippen LogP contribution in [0.1, 0.15) is 0 Å². The summed E-state index contributed by atoms with van der Waals surface area (Å²) in [6.07, 6.45) is 0. The van der Waals surface area contributed by atoms with Gasteiger partial charge in [-0.3, -0.25) is 0 Å². The highest BCUT2D eigenvalue weighted by atomic mass is 14.9. The fourth-order valence-electron chi connectivity index (χ4n) is 8.67. The van der Waals surface area contributed by atoms with Crippen LogP contribution in [0.2, 0.25) is 0 Å². The fourth-order valence-corrected chi connectivity index (χ4v) is 8.67. The van der Waals surface area contributed by atoms with Gasteiger partial charge in [0.2, 0.25) is 0 Å². The normalized spacial score (nSPS) is 11.2. The molecule has 11 aromatic rings. The molecule has 10 aromatic carbocycles. The van der Waals surface area contributed by atoms with Crippen LogP contribution in [0, 0.1) is 0 Å². The summed E-state index contributed by atoms with van der Waals surface area (Å²) in [4.78, 5) is 10.6. The van der Waals surface area contributed by atoms with Crippen LogP contribution in [0.4, 0.5) is 0 Å². The summed E-state index contributed by atoms with van der Waals surface area (Å²) in [5.74, 6) is 0.700. The van der Waals surface area contributed by atoms with Gasteiger partial charge in [0, 0.05) is 16.5 Å². The fraction of sp³-hybridized carbons (Fsp3) is 0. The van der Waals surface area contributed by atoms with Crippen LogP contribution in [-0.4, -0.2) is 9.97 Å². The lowest BCUT2D eigenvalue weighted by Crippen LogP contribution is -1.96. The maximum Gasteiger partial charge on any atom is 0.160 e. The Morgan fingerprint density at radius 2 is 0.581 bits per heavy atom. The lowest BCUT2D eigenvalue weighted by atomic mass is 9.94. The summed E-state index contributed by atoms with van der Waals surface area (Å²) in [5.41, 5.74) is 18.1. The smallest absolute Gasteiger partial charge is 0.160 e. The van der Waals surface area contributed by atoms with Crippen LogP contribution in [0.25, 0.3) is 111 Å². The molecule has 2 nitrogen and oxygen atoms in total. The third-order valence-electron chi connectivity index (χ3n) is 11.9. The average Bonchev–Trinajstić information content (AvgIpc) is 3.36. The van der Waals surface area contributed by atoms with E-state index in [2.05, 4.69) is 243 Å². The molecule has 0 spiro atoms. The molecule has 290 valence electrons. The highest BCUT2D eigenvalue weighted by Crippen LogP contribution is 2.38. The van der Waals surface area contributed by atoms with Gasteiger partial charge in [0.1, 0.15) is 0 Å². The summed E-state index contributed by atoms with van der Waals surface area (Å²) in [6.45, 7) is 0. The molecule has 0 atom stereocenters. The van der Waals surface area contributed by atoms with Gasteiger partial charge >= 0.3 is 0 Å². The quantitative estimate of drug-likeness (QED) is 0.143. The van der Waals surface area contributed by atoms with Crippen molar-refractivity contribution >= 4 is 21.7 Å². The molecule has 0 fully saturated rings. The van der Waals surface area contributed by atoms with Crippen LogP contribution in [0.5, 0.6) is 0 Å². The molecule has 0 saturated carbocycles. The molecule has 0 saturated heterocycles. The minimum absolute atomic E-state index is 0.700. The largest absolute Gasteiger partial charge is 0.228 e. The van der Waals surface area contributed by atoms with Gasteiger partial charge in [0.05, 0.1) is 11.2 Å². The number of rotatable bonds is 8. The molecule has 0 bridgehead atoms. The van der Waals surface area contributed by atoms with Crippen LogP contribution >= 0.6 is 0 Å². The molecule has 0 aliphatic heterocycles. The summed E-state index contributed by atoms with van der Waals surface area (Å²) in [7, 11) is 0. The van der Waals surface area contributed by atoms with Gasteiger partial charge in [-0.15, -0.1) is 0 Å². The van der Waals surface area contributed by atoms with Gasteiger partial charge in [0.25, 0.3) is 0 Å². The zero-order valence-electron chi connectivity index (χ0n) is 34.0. The molecule has 0 unspecified atom stereocenters. The molecule has 0 radical (unpaired) electrons. The number of aromatic nitrogens is 2. The highest BCUT2D eigenvalue weighted by molar-refractivity contribution is 6.12. The zero-order valence-corrected chi connectivity index (χ0v) is 34.0. The lowest BCUT2D eigenvalue weighted by molar-refractivity contribution is 1.23. The molecule has 2 heteroatoms. The lowest BCUT2D eigenvalue weighted by Gasteiger charge is -2.14. The van der Waals surface area contributed by atoms with Crippen LogP contribution < -0.4 is 0 Å². The van der Waals surface area contributed by atoms with E-state index in [-0.39, 0.29) is 0 Å². The Hall–Kier alpha value is -8.20. The third-order valence-corrected chi connectivity index (χ3v) is 11.9. The number of benzene rings is 10.